The van der Waals surface area contributed by atoms with Crippen molar-refractivity contribution in [2.75, 3.05) is 0 Å². The van der Waals surface area contributed by atoms with Crippen molar-refractivity contribution in [1.82, 2.24) is 0 Å². The van der Waals surface area contributed by atoms with Gasteiger partial charge in [0.25, 0.3) is 0 Å². The molecule has 7 aromatic carbocycles. The van der Waals surface area contributed by atoms with E-state index in [-0.39, 0.29) is 0 Å². The number of para-hydroxylation sites is 4. The van der Waals surface area contributed by atoms with Gasteiger partial charge in [0, 0.05) is 32.7 Å². The smallest absolute Gasteiger partial charge is 0.143 e. The largest absolute Gasteiger partial charge is 0.455 e. The van der Waals surface area contributed by atoms with Crippen LogP contribution >= 0.6 is 0 Å². The van der Waals surface area contributed by atoms with Gasteiger partial charge in [-0.15, -0.1) is 0 Å². The van der Waals surface area contributed by atoms with Gasteiger partial charge < -0.3 is 8.83 Å². The second-order valence-electron chi connectivity index (χ2n) is 13.1. The molecule has 0 amide bonds. The molecule has 0 aliphatic carbocycles. The Morgan fingerprint density at radius 2 is 0.688 bits per heavy atom. The highest BCUT2D eigenvalue weighted by atomic mass is 16.3. The zero-order valence-electron chi connectivity index (χ0n) is 27.5. The molecule has 0 bridgehead atoms. The van der Waals surface area contributed by atoms with Crippen LogP contribution in [-0.4, -0.2) is 0 Å². The lowest BCUT2D eigenvalue weighted by Gasteiger charge is -2.16. The van der Waals surface area contributed by atoms with E-state index in [0.29, 0.717) is 0 Å². The third kappa shape index (κ3) is 4.41. The van der Waals surface area contributed by atoms with Gasteiger partial charge in [-0.2, -0.15) is 0 Å². The number of aryl methyl sites for hydroxylation is 4. The molecule has 2 heteroatoms. The summed E-state index contributed by atoms with van der Waals surface area (Å²) in [5.41, 5.74) is 18.3. The molecule has 2 heterocycles. The second-order valence-corrected chi connectivity index (χ2v) is 13.1. The van der Waals surface area contributed by atoms with Crippen LogP contribution in [0.2, 0.25) is 0 Å². The predicted molar refractivity (Wildman–Crippen MR) is 202 cm³/mol. The molecule has 0 atom stereocenters. The molecule has 0 radical (unpaired) electrons. The summed E-state index contributed by atoms with van der Waals surface area (Å²) >= 11 is 0. The van der Waals surface area contributed by atoms with Crippen LogP contribution in [-0.2, 0) is 0 Å². The lowest BCUT2D eigenvalue weighted by atomic mass is 9.88. The zero-order chi connectivity index (χ0) is 32.5. The maximum absolute atomic E-state index is 6.40. The summed E-state index contributed by atoms with van der Waals surface area (Å²) in [6.07, 6.45) is 0. The number of furan rings is 2. The SMILES string of the molecule is Cc1cc(-c2cccc3c2oc2ccccc23)c(C)cc1-c1cccc(-c2cc(C)c(-c3cccc4c3oc3ccccc34)cc2C)c1. The number of fused-ring (bicyclic) bond motifs is 6. The Balaban J connectivity index is 1.10. The molecule has 0 saturated heterocycles. The predicted octanol–water partition coefficient (Wildman–Crippen LogP) is 13.4. The van der Waals surface area contributed by atoms with Gasteiger partial charge in [0.15, 0.2) is 0 Å². The summed E-state index contributed by atoms with van der Waals surface area (Å²) in [4.78, 5) is 0. The summed E-state index contributed by atoms with van der Waals surface area (Å²) in [6, 6.07) is 47.8. The summed E-state index contributed by atoms with van der Waals surface area (Å²) < 4.78 is 12.8. The monoisotopic (exact) mass is 618 g/mol. The van der Waals surface area contributed by atoms with Gasteiger partial charge in [-0.05, 0) is 102 Å². The molecule has 230 valence electrons. The van der Waals surface area contributed by atoms with Crippen molar-refractivity contribution >= 4 is 43.9 Å². The molecular formula is C46H34O2. The summed E-state index contributed by atoms with van der Waals surface area (Å²) in [7, 11) is 0. The number of rotatable bonds is 4. The number of hydrogen-bond acceptors (Lipinski definition) is 2. The Bertz CT molecular complexity index is 2530. The molecule has 9 aromatic rings. The first kappa shape index (κ1) is 28.4. The second kappa shape index (κ2) is 10.9. The van der Waals surface area contributed by atoms with Crippen molar-refractivity contribution in [2.24, 2.45) is 0 Å². The normalized spacial score (nSPS) is 11.8. The van der Waals surface area contributed by atoms with Crippen LogP contribution in [0.5, 0.6) is 0 Å². The van der Waals surface area contributed by atoms with Gasteiger partial charge in [-0.25, -0.2) is 0 Å². The van der Waals surface area contributed by atoms with Crippen LogP contribution in [0.4, 0.5) is 0 Å². The summed E-state index contributed by atoms with van der Waals surface area (Å²) in [6.45, 7) is 8.84. The molecule has 0 spiro atoms. The standard InChI is InChI=1S/C46H34O2/c1-27-24-41(37-18-10-16-35-33-14-5-7-20-43(33)47-45(35)37)29(3)22-39(27)31-12-9-13-32(26-31)40-23-30(4)42(25-28(40)2)38-19-11-17-36-34-15-6-8-21-44(34)48-46(36)38/h5-26H,1-4H3. The topological polar surface area (TPSA) is 26.3 Å². The van der Waals surface area contributed by atoms with Crippen LogP contribution in [0.3, 0.4) is 0 Å². The molecule has 0 N–H and O–H groups in total. The van der Waals surface area contributed by atoms with Crippen molar-refractivity contribution in [3.8, 4) is 44.5 Å². The lowest BCUT2D eigenvalue weighted by Crippen LogP contribution is -1.93. The highest BCUT2D eigenvalue weighted by molar-refractivity contribution is 6.11. The van der Waals surface area contributed by atoms with E-state index in [9.17, 15) is 0 Å². The maximum Gasteiger partial charge on any atom is 0.143 e. The first-order valence-electron chi connectivity index (χ1n) is 16.6. The Labute approximate surface area is 279 Å². The minimum absolute atomic E-state index is 0.924. The minimum Gasteiger partial charge on any atom is -0.455 e. The van der Waals surface area contributed by atoms with Crippen LogP contribution in [0, 0.1) is 27.7 Å². The molecule has 48 heavy (non-hydrogen) atoms. The van der Waals surface area contributed by atoms with Crippen molar-refractivity contribution in [1.29, 1.82) is 0 Å². The van der Waals surface area contributed by atoms with E-state index >= 15 is 0 Å². The van der Waals surface area contributed by atoms with Crippen LogP contribution in [0.15, 0.2) is 142 Å². The quantitative estimate of drug-likeness (QED) is 0.196. The molecule has 0 aliphatic rings. The minimum atomic E-state index is 0.924. The molecule has 2 nitrogen and oxygen atoms in total. The van der Waals surface area contributed by atoms with Gasteiger partial charge in [-0.3, -0.25) is 0 Å². The summed E-state index contributed by atoms with van der Waals surface area (Å²) in [5, 5.41) is 4.62. The van der Waals surface area contributed by atoms with E-state index in [1.54, 1.807) is 0 Å². The van der Waals surface area contributed by atoms with Gasteiger partial charge in [0.1, 0.15) is 22.3 Å². The van der Waals surface area contributed by atoms with E-state index in [2.05, 4.69) is 137 Å². The highest BCUT2D eigenvalue weighted by Gasteiger charge is 2.18. The fraction of sp³-hybridized carbons (Fsp3) is 0.0870. The van der Waals surface area contributed by atoms with Crippen molar-refractivity contribution in [2.45, 2.75) is 27.7 Å². The molecule has 0 saturated carbocycles. The van der Waals surface area contributed by atoms with Gasteiger partial charge in [-0.1, -0.05) is 115 Å². The van der Waals surface area contributed by atoms with Crippen molar-refractivity contribution in [3.05, 3.63) is 156 Å². The van der Waals surface area contributed by atoms with Crippen LogP contribution in [0.25, 0.3) is 88.4 Å². The molecule has 9 rings (SSSR count). The summed E-state index contributed by atoms with van der Waals surface area (Å²) in [5.74, 6) is 0. The zero-order valence-corrected chi connectivity index (χ0v) is 27.5. The Morgan fingerprint density at radius 1 is 0.312 bits per heavy atom. The lowest BCUT2D eigenvalue weighted by molar-refractivity contribution is 0.669. The van der Waals surface area contributed by atoms with E-state index in [1.807, 2.05) is 24.3 Å². The highest BCUT2D eigenvalue weighted by Crippen LogP contribution is 2.41. The van der Waals surface area contributed by atoms with Crippen molar-refractivity contribution in [3.63, 3.8) is 0 Å². The Hall–Kier alpha value is -5.86. The van der Waals surface area contributed by atoms with Crippen LogP contribution in [0.1, 0.15) is 22.3 Å². The van der Waals surface area contributed by atoms with Crippen molar-refractivity contribution < 1.29 is 8.83 Å². The molecule has 0 unspecified atom stereocenters. The Morgan fingerprint density at radius 3 is 1.17 bits per heavy atom. The molecule has 2 aromatic heterocycles. The number of benzene rings is 7. The molecule has 0 aliphatic heterocycles. The van der Waals surface area contributed by atoms with Gasteiger partial charge in [0.2, 0.25) is 0 Å². The van der Waals surface area contributed by atoms with E-state index in [1.165, 1.54) is 55.6 Å². The first-order valence-corrected chi connectivity index (χ1v) is 16.6. The third-order valence-corrected chi connectivity index (χ3v) is 10.0. The average molecular weight is 619 g/mol. The fourth-order valence-electron chi connectivity index (χ4n) is 7.61. The third-order valence-electron chi connectivity index (χ3n) is 10.0. The fourth-order valence-corrected chi connectivity index (χ4v) is 7.61. The van der Waals surface area contributed by atoms with E-state index in [0.717, 1.165) is 55.0 Å². The van der Waals surface area contributed by atoms with E-state index in [4.69, 9.17) is 8.83 Å². The number of hydrogen-bond donors (Lipinski definition) is 0. The van der Waals surface area contributed by atoms with Crippen LogP contribution < -0.4 is 0 Å². The van der Waals surface area contributed by atoms with Gasteiger partial charge >= 0.3 is 0 Å². The van der Waals surface area contributed by atoms with Gasteiger partial charge in [0.05, 0.1) is 0 Å². The molecular weight excluding hydrogens is 585 g/mol. The maximum atomic E-state index is 6.40. The van der Waals surface area contributed by atoms with E-state index < -0.39 is 0 Å². The Kier molecular flexibility index (Phi) is 6.42. The molecule has 0 fully saturated rings. The first-order chi connectivity index (χ1) is 23.4. The average Bonchev–Trinajstić information content (AvgIpc) is 3.69.